The van der Waals surface area contributed by atoms with E-state index in [1.54, 1.807) is 18.6 Å². The maximum atomic E-state index is 13.5. The SMILES string of the molecule is Cc1ccc(F)cc1C(=O)N1CCCC[C@H]1CCn1ccnc1. The van der Waals surface area contributed by atoms with Gasteiger partial charge in [-0.25, -0.2) is 9.37 Å². The molecule has 1 fully saturated rings. The van der Waals surface area contributed by atoms with E-state index in [2.05, 4.69) is 4.98 Å². The van der Waals surface area contributed by atoms with Gasteiger partial charge in [0.2, 0.25) is 0 Å². The number of aryl methyl sites for hydroxylation is 2. The highest BCUT2D eigenvalue weighted by Gasteiger charge is 2.28. The minimum atomic E-state index is -0.356. The van der Waals surface area contributed by atoms with E-state index >= 15 is 0 Å². The number of imidazole rings is 1. The quantitative estimate of drug-likeness (QED) is 0.867. The molecule has 4 nitrogen and oxygen atoms in total. The maximum absolute atomic E-state index is 13.5. The third-order valence-electron chi connectivity index (χ3n) is 4.60. The lowest BCUT2D eigenvalue weighted by atomic mass is 9.97. The van der Waals surface area contributed by atoms with E-state index in [1.807, 2.05) is 22.6 Å². The van der Waals surface area contributed by atoms with Gasteiger partial charge in [-0.05, 0) is 50.3 Å². The molecular weight excluding hydrogens is 293 g/mol. The Kier molecular flexibility index (Phi) is 4.74. The van der Waals surface area contributed by atoms with Crippen molar-refractivity contribution in [3.63, 3.8) is 0 Å². The smallest absolute Gasteiger partial charge is 0.254 e. The number of amides is 1. The number of aromatic nitrogens is 2. The topological polar surface area (TPSA) is 38.1 Å². The molecule has 0 spiro atoms. The molecule has 122 valence electrons. The first-order chi connectivity index (χ1) is 11.1. The van der Waals surface area contributed by atoms with Crippen LogP contribution in [-0.2, 0) is 6.54 Å². The lowest BCUT2D eigenvalue weighted by Crippen LogP contribution is -2.44. The fraction of sp³-hybridized carbons (Fsp3) is 0.444. The number of rotatable bonds is 4. The Morgan fingerprint density at radius 1 is 1.39 bits per heavy atom. The number of hydrogen-bond acceptors (Lipinski definition) is 2. The van der Waals surface area contributed by atoms with Crippen LogP contribution in [-0.4, -0.2) is 32.9 Å². The molecule has 0 saturated carbocycles. The van der Waals surface area contributed by atoms with Crippen molar-refractivity contribution in [3.8, 4) is 0 Å². The predicted molar refractivity (Wildman–Crippen MR) is 86.7 cm³/mol. The molecule has 0 bridgehead atoms. The van der Waals surface area contributed by atoms with Gasteiger partial charge in [-0.1, -0.05) is 6.07 Å². The molecule has 0 N–H and O–H groups in total. The highest BCUT2D eigenvalue weighted by atomic mass is 19.1. The predicted octanol–water partition coefficient (Wildman–Crippen LogP) is 3.42. The molecule has 0 aliphatic carbocycles. The summed E-state index contributed by atoms with van der Waals surface area (Å²) in [4.78, 5) is 18.9. The van der Waals surface area contributed by atoms with E-state index in [4.69, 9.17) is 0 Å². The van der Waals surface area contributed by atoms with Crippen molar-refractivity contribution in [1.82, 2.24) is 14.5 Å². The number of halogens is 1. The largest absolute Gasteiger partial charge is 0.337 e. The van der Waals surface area contributed by atoms with Crippen molar-refractivity contribution >= 4 is 5.91 Å². The van der Waals surface area contributed by atoms with Crippen LogP contribution in [0.5, 0.6) is 0 Å². The van der Waals surface area contributed by atoms with E-state index in [-0.39, 0.29) is 17.8 Å². The van der Waals surface area contributed by atoms with Gasteiger partial charge >= 0.3 is 0 Å². The van der Waals surface area contributed by atoms with Crippen LogP contribution >= 0.6 is 0 Å². The third-order valence-corrected chi connectivity index (χ3v) is 4.60. The molecule has 5 heteroatoms. The summed E-state index contributed by atoms with van der Waals surface area (Å²) in [5, 5.41) is 0. The van der Waals surface area contributed by atoms with Crippen molar-refractivity contribution in [2.45, 2.75) is 45.2 Å². The Hall–Kier alpha value is -2.17. The Morgan fingerprint density at radius 3 is 3.04 bits per heavy atom. The molecule has 1 aliphatic heterocycles. The molecule has 2 heterocycles. The molecule has 1 aromatic heterocycles. The third kappa shape index (κ3) is 3.60. The fourth-order valence-electron chi connectivity index (χ4n) is 3.26. The Labute approximate surface area is 135 Å². The van der Waals surface area contributed by atoms with Gasteiger partial charge in [0.25, 0.3) is 5.91 Å². The second-order valence-corrected chi connectivity index (χ2v) is 6.20. The first-order valence-corrected chi connectivity index (χ1v) is 8.18. The summed E-state index contributed by atoms with van der Waals surface area (Å²) in [7, 11) is 0. The monoisotopic (exact) mass is 315 g/mol. The van der Waals surface area contributed by atoms with Crippen molar-refractivity contribution in [3.05, 3.63) is 53.9 Å². The molecule has 1 amide bonds. The molecule has 1 atom stereocenters. The van der Waals surface area contributed by atoms with E-state index in [0.717, 1.165) is 44.3 Å². The summed E-state index contributed by atoms with van der Waals surface area (Å²) < 4.78 is 15.6. The zero-order chi connectivity index (χ0) is 16.2. The van der Waals surface area contributed by atoms with Crippen molar-refractivity contribution in [1.29, 1.82) is 0 Å². The van der Waals surface area contributed by atoms with Gasteiger partial charge in [0.05, 0.1) is 6.33 Å². The minimum absolute atomic E-state index is 0.0441. The molecule has 3 rings (SSSR count). The zero-order valence-electron chi connectivity index (χ0n) is 13.4. The van der Waals surface area contributed by atoms with Crippen LogP contribution < -0.4 is 0 Å². The summed E-state index contributed by atoms with van der Waals surface area (Å²) >= 11 is 0. The maximum Gasteiger partial charge on any atom is 0.254 e. The summed E-state index contributed by atoms with van der Waals surface area (Å²) in [6.07, 6.45) is 9.56. The van der Waals surface area contributed by atoms with Crippen molar-refractivity contribution in [2.24, 2.45) is 0 Å². The van der Waals surface area contributed by atoms with Crippen LogP contribution in [0.4, 0.5) is 4.39 Å². The molecule has 1 aromatic carbocycles. The van der Waals surface area contributed by atoms with Crippen LogP contribution in [0.2, 0.25) is 0 Å². The van der Waals surface area contributed by atoms with E-state index in [9.17, 15) is 9.18 Å². The van der Waals surface area contributed by atoms with Crippen LogP contribution in [0.25, 0.3) is 0 Å². The van der Waals surface area contributed by atoms with Gasteiger partial charge in [0.1, 0.15) is 5.82 Å². The average Bonchev–Trinajstić information content (AvgIpc) is 3.08. The second kappa shape index (κ2) is 6.94. The number of nitrogens with zero attached hydrogens (tertiary/aromatic N) is 3. The van der Waals surface area contributed by atoms with Gasteiger partial charge in [0.15, 0.2) is 0 Å². The highest BCUT2D eigenvalue weighted by Crippen LogP contribution is 2.24. The normalized spacial score (nSPS) is 18.2. The highest BCUT2D eigenvalue weighted by molar-refractivity contribution is 5.95. The van der Waals surface area contributed by atoms with Crippen LogP contribution in [0, 0.1) is 12.7 Å². The van der Waals surface area contributed by atoms with Gasteiger partial charge < -0.3 is 9.47 Å². The number of hydrogen-bond donors (Lipinski definition) is 0. The molecule has 23 heavy (non-hydrogen) atoms. The second-order valence-electron chi connectivity index (χ2n) is 6.20. The van der Waals surface area contributed by atoms with E-state index in [0.29, 0.717) is 5.56 Å². The number of benzene rings is 1. The molecule has 1 saturated heterocycles. The first kappa shape index (κ1) is 15.7. The lowest BCUT2D eigenvalue weighted by Gasteiger charge is -2.36. The van der Waals surface area contributed by atoms with Crippen molar-refractivity contribution in [2.75, 3.05) is 6.54 Å². The summed E-state index contributed by atoms with van der Waals surface area (Å²) in [6.45, 7) is 3.46. The summed E-state index contributed by atoms with van der Waals surface area (Å²) in [6, 6.07) is 4.65. The standard InChI is InChI=1S/C18H22FN3O/c1-14-5-6-15(19)12-17(14)18(23)22-9-3-2-4-16(22)7-10-21-11-8-20-13-21/h5-6,8,11-13,16H,2-4,7,9-10H2,1H3/t16-/m0/s1. The van der Waals surface area contributed by atoms with Crippen LogP contribution in [0.15, 0.2) is 36.9 Å². The molecule has 2 aromatic rings. The van der Waals surface area contributed by atoms with Gasteiger partial charge in [-0.2, -0.15) is 0 Å². The average molecular weight is 315 g/mol. The Bertz CT molecular complexity index is 669. The minimum Gasteiger partial charge on any atom is -0.337 e. The Morgan fingerprint density at radius 2 is 2.26 bits per heavy atom. The Balaban J connectivity index is 1.74. The number of carbonyl (C=O) groups is 1. The summed E-state index contributed by atoms with van der Waals surface area (Å²) in [5.74, 6) is -0.400. The molecule has 0 unspecified atom stereocenters. The van der Waals surface area contributed by atoms with Gasteiger partial charge in [0, 0.05) is 37.1 Å². The van der Waals surface area contributed by atoms with Crippen LogP contribution in [0.1, 0.15) is 41.6 Å². The molecule has 0 radical (unpaired) electrons. The fourth-order valence-corrected chi connectivity index (χ4v) is 3.26. The van der Waals surface area contributed by atoms with Gasteiger partial charge in [-0.15, -0.1) is 0 Å². The molecular formula is C18H22FN3O. The van der Waals surface area contributed by atoms with Gasteiger partial charge in [-0.3, -0.25) is 4.79 Å². The van der Waals surface area contributed by atoms with E-state index in [1.165, 1.54) is 12.1 Å². The number of likely N-dealkylation sites (tertiary alicyclic amines) is 1. The first-order valence-electron chi connectivity index (χ1n) is 8.18. The summed E-state index contributed by atoms with van der Waals surface area (Å²) in [5.41, 5.74) is 1.31. The van der Waals surface area contributed by atoms with Crippen molar-refractivity contribution < 1.29 is 9.18 Å². The lowest BCUT2D eigenvalue weighted by molar-refractivity contribution is 0.0594. The number of carbonyl (C=O) groups excluding carboxylic acids is 1. The molecule has 1 aliphatic rings. The van der Waals surface area contributed by atoms with E-state index < -0.39 is 0 Å². The van der Waals surface area contributed by atoms with Crippen LogP contribution in [0.3, 0.4) is 0 Å². The number of piperidine rings is 1. The zero-order valence-corrected chi connectivity index (χ0v) is 13.4.